The van der Waals surface area contributed by atoms with Crippen molar-refractivity contribution in [2.75, 3.05) is 13.2 Å². The first-order valence-corrected chi connectivity index (χ1v) is 6.79. The van der Waals surface area contributed by atoms with Gasteiger partial charge in [0, 0.05) is 36.7 Å². The summed E-state index contributed by atoms with van der Waals surface area (Å²) in [4.78, 5) is 4.55. The van der Waals surface area contributed by atoms with E-state index in [9.17, 15) is 0 Å². The first-order valence-electron chi connectivity index (χ1n) is 6.79. The number of hydrogen-bond donors (Lipinski definition) is 0. The number of benzene rings is 1. The standard InChI is InChI=1S/C15H15N3O2/c1-18-8-12(11-4-2-3-5-13(11)18)15-16-14(17-20-15)10-6-7-19-9-10/h2-5,8,10H,6-7,9H2,1H3/t10-/m0/s1. The zero-order chi connectivity index (χ0) is 13.5. The fraction of sp³-hybridized carbons (Fsp3) is 0.333. The molecule has 0 amide bonds. The van der Waals surface area contributed by atoms with Crippen LogP contribution in [0, 0.1) is 0 Å². The van der Waals surface area contributed by atoms with Crippen LogP contribution in [-0.2, 0) is 11.8 Å². The molecule has 1 atom stereocenters. The number of para-hydroxylation sites is 1. The van der Waals surface area contributed by atoms with Crippen molar-refractivity contribution in [2.24, 2.45) is 7.05 Å². The van der Waals surface area contributed by atoms with Crippen LogP contribution in [0.4, 0.5) is 0 Å². The van der Waals surface area contributed by atoms with E-state index in [0.717, 1.165) is 35.3 Å². The maximum Gasteiger partial charge on any atom is 0.260 e. The van der Waals surface area contributed by atoms with Crippen LogP contribution in [0.25, 0.3) is 22.4 Å². The molecule has 3 heterocycles. The molecule has 1 saturated heterocycles. The molecular weight excluding hydrogens is 254 g/mol. The molecule has 1 aliphatic heterocycles. The molecule has 102 valence electrons. The summed E-state index contributed by atoms with van der Waals surface area (Å²) in [5, 5.41) is 5.25. The maximum absolute atomic E-state index is 5.45. The van der Waals surface area contributed by atoms with Crippen molar-refractivity contribution in [1.82, 2.24) is 14.7 Å². The predicted molar refractivity (Wildman–Crippen MR) is 74.4 cm³/mol. The summed E-state index contributed by atoms with van der Waals surface area (Å²) < 4.78 is 12.9. The molecule has 1 fully saturated rings. The van der Waals surface area contributed by atoms with E-state index in [1.165, 1.54) is 0 Å². The average molecular weight is 269 g/mol. The van der Waals surface area contributed by atoms with Crippen molar-refractivity contribution in [3.8, 4) is 11.5 Å². The Kier molecular flexibility index (Phi) is 2.60. The second-order valence-electron chi connectivity index (χ2n) is 5.19. The molecule has 1 aliphatic rings. The van der Waals surface area contributed by atoms with Gasteiger partial charge in [0.25, 0.3) is 5.89 Å². The molecular formula is C15H15N3O2. The highest BCUT2D eigenvalue weighted by molar-refractivity contribution is 5.93. The van der Waals surface area contributed by atoms with Gasteiger partial charge in [-0.1, -0.05) is 23.4 Å². The Balaban J connectivity index is 1.79. The Morgan fingerprint density at radius 2 is 2.20 bits per heavy atom. The SMILES string of the molecule is Cn1cc(-c2nc([C@H]3CCOC3)no2)c2ccccc21. The van der Waals surface area contributed by atoms with Gasteiger partial charge in [0.15, 0.2) is 5.82 Å². The van der Waals surface area contributed by atoms with Crippen molar-refractivity contribution in [3.05, 3.63) is 36.3 Å². The summed E-state index contributed by atoms with van der Waals surface area (Å²) >= 11 is 0. The molecule has 0 N–H and O–H groups in total. The van der Waals surface area contributed by atoms with Gasteiger partial charge < -0.3 is 13.8 Å². The third kappa shape index (κ3) is 1.74. The summed E-state index contributed by atoms with van der Waals surface area (Å²) in [5.74, 6) is 1.61. The van der Waals surface area contributed by atoms with Crippen LogP contribution in [-0.4, -0.2) is 27.9 Å². The molecule has 0 spiro atoms. The van der Waals surface area contributed by atoms with Gasteiger partial charge in [-0.25, -0.2) is 0 Å². The minimum atomic E-state index is 0.266. The zero-order valence-corrected chi connectivity index (χ0v) is 11.2. The van der Waals surface area contributed by atoms with Crippen molar-refractivity contribution < 1.29 is 9.26 Å². The van der Waals surface area contributed by atoms with Gasteiger partial charge >= 0.3 is 0 Å². The van der Waals surface area contributed by atoms with E-state index in [-0.39, 0.29) is 5.92 Å². The van der Waals surface area contributed by atoms with Crippen LogP contribution in [0.2, 0.25) is 0 Å². The van der Waals surface area contributed by atoms with Crippen LogP contribution < -0.4 is 0 Å². The molecule has 5 nitrogen and oxygen atoms in total. The number of aromatic nitrogens is 3. The second-order valence-corrected chi connectivity index (χ2v) is 5.19. The van der Waals surface area contributed by atoms with Crippen molar-refractivity contribution >= 4 is 10.9 Å². The van der Waals surface area contributed by atoms with Gasteiger partial charge in [0.2, 0.25) is 0 Å². The van der Waals surface area contributed by atoms with Crippen LogP contribution >= 0.6 is 0 Å². The maximum atomic E-state index is 5.45. The lowest BCUT2D eigenvalue weighted by molar-refractivity contribution is 0.192. The minimum Gasteiger partial charge on any atom is -0.381 e. The number of aryl methyl sites for hydroxylation is 1. The van der Waals surface area contributed by atoms with E-state index < -0.39 is 0 Å². The van der Waals surface area contributed by atoms with Crippen LogP contribution in [0.1, 0.15) is 18.2 Å². The minimum absolute atomic E-state index is 0.266. The monoisotopic (exact) mass is 269 g/mol. The molecule has 5 heteroatoms. The summed E-state index contributed by atoms with van der Waals surface area (Å²) in [6, 6.07) is 8.21. The molecule has 0 aliphatic carbocycles. The lowest BCUT2D eigenvalue weighted by atomic mass is 10.1. The molecule has 2 aromatic heterocycles. The molecule has 1 aromatic carbocycles. The van der Waals surface area contributed by atoms with Gasteiger partial charge in [-0.2, -0.15) is 4.98 Å². The van der Waals surface area contributed by atoms with Gasteiger partial charge in [-0.15, -0.1) is 0 Å². The third-order valence-corrected chi connectivity index (χ3v) is 3.86. The highest BCUT2D eigenvalue weighted by Crippen LogP contribution is 2.31. The predicted octanol–water partition coefficient (Wildman–Crippen LogP) is 2.73. The highest BCUT2D eigenvalue weighted by atomic mass is 16.5. The lowest BCUT2D eigenvalue weighted by Crippen LogP contribution is -1.99. The van der Waals surface area contributed by atoms with E-state index in [1.807, 2.05) is 25.4 Å². The summed E-state index contributed by atoms with van der Waals surface area (Å²) in [6.45, 7) is 1.47. The van der Waals surface area contributed by atoms with E-state index in [0.29, 0.717) is 12.5 Å². The summed E-state index contributed by atoms with van der Waals surface area (Å²) in [6.07, 6.45) is 3.00. The fourth-order valence-corrected chi connectivity index (χ4v) is 2.76. The Morgan fingerprint density at radius 1 is 1.30 bits per heavy atom. The average Bonchev–Trinajstić information content (AvgIpc) is 3.17. The number of nitrogens with zero attached hydrogens (tertiary/aromatic N) is 3. The smallest absolute Gasteiger partial charge is 0.260 e. The summed E-state index contributed by atoms with van der Waals surface area (Å²) in [5.41, 5.74) is 2.15. The topological polar surface area (TPSA) is 53.1 Å². The molecule has 0 unspecified atom stereocenters. The number of hydrogen-bond acceptors (Lipinski definition) is 4. The van der Waals surface area contributed by atoms with Gasteiger partial charge in [0.1, 0.15) is 0 Å². The normalized spacial score (nSPS) is 18.9. The quantitative estimate of drug-likeness (QED) is 0.717. The zero-order valence-electron chi connectivity index (χ0n) is 11.2. The lowest BCUT2D eigenvalue weighted by Gasteiger charge is -1.97. The van der Waals surface area contributed by atoms with Gasteiger partial charge in [-0.3, -0.25) is 0 Å². The van der Waals surface area contributed by atoms with Crippen molar-refractivity contribution in [1.29, 1.82) is 0 Å². The molecule has 3 aromatic rings. The largest absolute Gasteiger partial charge is 0.381 e. The Bertz CT molecular complexity index is 753. The molecule has 0 bridgehead atoms. The molecule has 0 saturated carbocycles. The van der Waals surface area contributed by atoms with E-state index in [1.54, 1.807) is 0 Å². The van der Waals surface area contributed by atoms with Crippen molar-refractivity contribution in [2.45, 2.75) is 12.3 Å². The second kappa shape index (κ2) is 4.45. The Hall–Kier alpha value is -2.14. The van der Waals surface area contributed by atoms with E-state index >= 15 is 0 Å². The Morgan fingerprint density at radius 3 is 3.05 bits per heavy atom. The van der Waals surface area contributed by atoms with E-state index in [4.69, 9.17) is 9.26 Å². The van der Waals surface area contributed by atoms with Crippen molar-refractivity contribution in [3.63, 3.8) is 0 Å². The van der Waals surface area contributed by atoms with E-state index in [2.05, 4.69) is 26.8 Å². The first-order chi connectivity index (χ1) is 9.83. The highest BCUT2D eigenvalue weighted by Gasteiger charge is 2.24. The first kappa shape index (κ1) is 11.7. The number of rotatable bonds is 2. The van der Waals surface area contributed by atoms with Crippen LogP contribution in [0.5, 0.6) is 0 Å². The number of fused-ring (bicyclic) bond motifs is 1. The third-order valence-electron chi connectivity index (χ3n) is 3.86. The fourth-order valence-electron chi connectivity index (χ4n) is 2.76. The molecule has 20 heavy (non-hydrogen) atoms. The molecule has 0 radical (unpaired) electrons. The number of ether oxygens (including phenoxy) is 1. The summed E-state index contributed by atoms with van der Waals surface area (Å²) in [7, 11) is 2.02. The van der Waals surface area contributed by atoms with Crippen LogP contribution in [0.3, 0.4) is 0 Å². The van der Waals surface area contributed by atoms with Gasteiger partial charge in [-0.05, 0) is 12.5 Å². The Labute approximate surface area is 116 Å². The van der Waals surface area contributed by atoms with Gasteiger partial charge in [0.05, 0.1) is 12.2 Å². The van der Waals surface area contributed by atoms with Crippen LogP contribution in [0.15, 0.2) is 35.0 Å². The molecule has 4 rings (SSSR count).